The molecule has 17 heavy (non-hydrogen) atoms. The molecule has 0 amide bonds. The summed E-state index contributed by atoms with van der Waals surface area (Å²) in [6.07, 6.45) is 3.92. The molecule has 0 aliphatic heterocycles. The quantitative estimate of drug-likeness (QED) is 0.830. The van der Waals surface area contributed by atoms with Crippen molar-refractivity contribution >= 4 is 23.2 Å². The maximum Gasteiger partial charge on any atom is 0.0639 e. The minimum atomic E-state index is 0.256. The van der Waals surface area contributed by atoms with E-state index in [9.17, 15) is 0 Å². The van der Waals surface area contributed by atoms with Crippen LogP contribution in [0.25, 0.3) is 0 Å². The summed E-state index contributed by atoms with van der Waals surface area (Å²) in [4.78, 5) is 0. The van der Waals surface area contributed by atoms with Gasteiger partial charge in [0, 0.05) is 12.1 Å². The van der Waals surface area contributed by atoms with Crippen LogP contribution in [0.15, 0.2) is 18.2 Å². The number of nitrogens with one attached hydrogen (secondary N) is 1. The largest absolute Gasteiger partial charge is 0.307 e. The second-order valence-electron chi connectivity index (χ2n) is 5.05. The van der Waals surface area contributed by atoms with E-state index in [0.29, 0.717) is 16.1 Å². The zero-order valence-electron chi connectivity index (χ0n) is 10.3. The number of hydrogen-bond donors (Lipinski definition) is 1. The van der Waals surface area contributed by atoms with Crippen molar-refractivity contribution in [3.05, 3.63) is 33.8 Å². The first-order valence-electron chi connectivity index (χ1n) is 6.29. The molecule has 0 spiro atoms. The highest BCUT2D eigenvalue weighted by molar-refractivity contribution is 6.42. The van der Waals surface area contributed by atoms with Crippen LogP contribution in [0, 0.1) is 5.92 Å². The van der Waals surface area contributed by atoms with Gasteiger partial charge in [0.15, 0.2) is 0 Å². The van der Waals surface area contributed by atoms with Crippen LogP contribution in [-0.2, 0) is 0 Å². The lowest BCUT2D eigenvalue weighted by atomic mass is 10.0. The van der Waals surface area contributed by atoms with Crippen LogP contribution in [0.4, 0.5) is 0 Å². The lowest BCUT2D eigenvalue weighted by Gasteiger charge is -2.24. The normalized spacial score (nSPS) is 26.1. The molecule has 1 nitrogen and oxygen atoms in total. The molecule has 1 N–H and O–H groups in total. The predicted molar refractivity (Wildman–Crippen MR) is 74.8 cm³/mol. The summed E-state index contributed by atoms with van der Waals surface area (Å²) in [5.74, 6) is 0.760. The molecule has 3 heteroatoms. The molecule has 0 bridgehead atoms. The Morgan fingerprint density at radius 1 is 1.29 bits per heavy atom. The Balaban J connectivity index is 2.09. The zero-order valence-corrected chi connectivity index (χ0v) is 11.9. The summed E-state index contributed by atoms with van der Waals surface area (Å²) in [5, 5.41) is 4.99. The highest BCUT2D eigenvalue weighted by atomic mass is 35.5. The predicted octanol–water partition coefficient (Wildman–Crippen LogP) is 4.83. The SMILES string of the molecule is CC(NC1CCCC1C)c1cccc(Cl)c1Cl. The number of hydrogen-bond acceptors (Lipinski definition) is 1. The zero-order chi connectivity index (χ0) is 12.4. The fourth-order valence-corrected chi connectivity index (χ4v) is 3.13. The average Bonchev–Trinajstić information content (AvgIpc) is 2.68. The van der Waals surface area contributed by atoms with Gasteiger partial charge in [-0.2, -0.15) is 0 Å². The molecule has 1 fully saturated rings. The summed E-state index contributed by atoms with van der Waals surface area (Å²) < 4.78 is 0. The fourth-order valence-electron chi connectivity index (χ4n) is 2.66. The second-order valence-corrected chi connectivity index (χ2v) is 5.83. The van der Waals surface area contributed by atoms with Crippen molar-refractivity contribution in [1.29, 1.82) is 0 Å². The second kappa shape index (κ2) is 5.60. The molecule has 94 valence electrons. The Bertz CT molecular complexity index is 392. The molecule has 1 aromatic rings. The molecule has 0 aromatic heterocycles. The summed E-state index contributed by atoms with van der Waals surface area (Å²) in [7, 11) is 0. The van der Waals surface area contributed by atoms with Gasteiger partial charge in [-0.3, -0.25) is 0 Å². The van der Waals surface area contributed by atoms with Gasteiger partial charge >= 0.3 is 0 Å². The van der Waals surface area contributed by atoms with Gasteiger partial charge in [-0.15, -0.1) is 0 Å². The first-order valence-corrected chi connectivity index (χ1v) is 7.05. The standard InChI is InChI=1S/C14H19Cl2N/c1-9-5-3-8-13(9)17-10(2)11-6-4-7-12(15)14(11)16/h4,6-7,9-10,13,17H,3,5,8H2,1-2H3. The molecular weight excluding hydrogens is 253 g/mol. The lowest BCUT2D eigenvalue weighted by molar-refractivity contribution is 0.388. The molecule has 1 aliphatic carbocycles. The Labute approximate surface area is 114 Å². The van der Waals surface area contributed by atoms with Gasteiger partial charge < -0.3 is 5.32 Å². The van der Waals surface area contributed by atoms with Crippen molar-refractivity contribution in [3.63, 3.8) is 0 Å². The van der Waals surface area contributed by atoms with Gasteiger partial charge in [0.2, 0.25) is 0 Å². The molecule has 0 saturated heterocycles. The topological polar surface area (TPSA) is 12.0 Å². The van der Waals surface area contributed by atoms with E-state index < -0.39 is 0 Å². The molecule has 2 rings (SSSR count). The van der Waals surface area contributed by atoms with E-state index in [1.165, 1.54) is 19.3 Å². The van der Waals surface area contributed by atoms with Gasteiger partial charge in [-0.25, -0.2) is 0 Å². The van der Waals surface area contributed by atoms with E-state index in [2.05, 4.69) is 19.2 Å². The molecule has 3 unspecified atom stereocenters. The number of benzene rings is 1. The molecule has 1 saturated carbocycles. The van der Waals surface area contributed by atoms with Crippen molar-refractivity contribution in [2.45, 2.75) is 45.2 Å². The van der Waals surface area contributed by atoms with E-state index in [0.717, 1.165) is 11.5 Å². The van der Waals surface area contributed by atoms with Crippen molar-refractivity contribution in [2.75, 3.05) is 0 Å². The molecular formula is C14H19Cl2N. The van der Waals surface area contributed by atoms with E-state index >= 15 is 0 Å². The maximum absolute atomic E-state index is 6.24. The summed E-state index contributed by atoms with van der Waals surface area (Å²) in [5.41, 5.74) is 1.10. The van der Waals surface area contributed by atoms with Crippen molar-refractivity contribution in [2.24, 2.45) is 5.92 Å². The van der Waals surface area contributed by atoms with Gasteiger partial charge in [0.25, 0.3) is 0 Å². The fraction of sp³-hybridized carbons (Fsp3) is 0.571. The highest BCUT2D eigenvalue weighted by Gasteiger charge is 2.25. The van der Waals surface area contributed by atoms with Crippen LogP contribution in [-0.4, -0.2) is 6.04 Å². The molecule has 0 heterocycles. The molecule has 1 aromatic carbocycles. The Morgan fingerprint density at radius 3 is 2.71 bits per heavy atom. The van der Waals surface area contributed by atoms with Crippen LogP contribution in [0.2, 0.25) is 10.0 Å². The van der Waals surface area contributed by atoms with Crippen molar-refractivity contribution in [3.8, 4) is 0 Å². The van der Waals surface area contributed by atoms with Crippen LogP contribution < -0.4 is 5.32 Å². The van der Waals surface area contributed by atoms with E-state index in [1.54, 1.807) is 0 Å². The van der Waals surface area contributed by atoms with Crippen molar-refractivity contribution in [1.82, 2.24) is 5.32 Å². The maximum atomic E-state index is 6.24. The smallest absolute Gasteiger partial charge is 0.0639 e. The van der Waals surface area contributed by atoms with Gasteiger partial charge in [0.05, 0.1) is 10.0 Å². The monoisotopic (exact) mass is 271 g/mol. The Morgan fingerprint density at radius 2 is 2.06 bits per heavy atom. The minimum absolute atomic E-state index is 0.256. The lowest BCUT2D eigenvalue weighted by Crippen LogP contribution is -2.33. The van der Waals surface area contributed by atoms with Crippen LogP contribution in [0.3, 0.4) is 0 Å². The number of rotatable bonds is 3. The first kappa shape index (κ1) is 13.2. The average molecular weight is 272 g/mol. The van der Waals surface area contributed by atoms with Crippen molar-refractivity contribution < 1.29 is 0 Å². The van der Waals surface area contributed by atoms with Crippen LogP contribution in [0.5, 0.6) is 0 Å². The van der Waals surface area contributed by atoms with Gasteiger partial charge in [0.1, 0.15) is 0 Å². The molecule has 0 radical (unpaired) electrons. The van der Waals surface area contributed by atoms with E-state index in [-0.39, 0.29) is 6.04 Å². The molecule has 1 aliphatic rings. The molecule has 3 atom stereocenters. The summed E-state index contributed by atoms with van der Waals surface area (Å²) in [6, 6.07) is 6.70. The first-order chi connectivity index (χ1) is 8.09. The minimum Gasteiger partial charge on any atom is -0.307 e. The van der Waals surface area contributed by atoms with Crippen LogP contribution >= 0.6 is 23.2 Å². The van der Waals surface area contributed by atoms with Gasteiger partial charge in [-0.05, 0) is 37.3 Å². The number of halogens is 2. The third kappa shape index (κ3) is 2.96. The summed E-state index contributed by atoms with van der Waals surface area (Å²) in [6.45, 7) is 4.47. The van der Waals surface area contributed by atoms with E-state index in [4.69, 9.17) is 23.2 Å². The Kier molecular flexibility index (Phi) is 4.35. The third-order valence-electron chi connectivity index (χ3n) is 3.77. The van der Waals surface area contributed by atoms with E-state index in [1.807, 2.05) is 18.2 Å². The van der Waals surface area contributed by atoms with Gasteiger partial charge in [-0.1, -0.05) is 48.7 Å². The third-order valence-corrected chi connectivity index (χ3v) is 4.61. The highest BCUT2D eigenvalue weighted by Crippen LogP contribution is 2.32. The van der Waals surface area contributed by atoms with Crippen LogP contribution in [0.1, 0.15) is 44.7 Å². The Hall–Kier alpha value is -0.240. The summed E-state index contributed by atoms with van der Waals surface area (Å²) >= 11 is 12.3.